The molecule has 1 saturated heterocycles. The maximum absolute atomic E-state index is 13.0. The first-order chi connectivity index (χ1) is 10.5. The molecule has 0 saturated carbocycles. The first kappa shape index (κ1) is 15.0. The number of aryl methyl sites for hydroxylation is 1. The Balaban J connectivity index is 2.01. The summed E-state index contributed by atoms with van der Waals surface area (Å²) >= 11 is 0. The van der Waals surface area contributed by atoms with Crippen molar-refractivity contribution in [2.24, 2.45) is 0 Å². The standard InChI is InChI=1S/C18H19NO2S/c1-14-8-10-17(11-9-14)22(20,21)19-13-15(2)12-18(19)16-6-4-3-5-7-16/h3-11,18H,2,12-13H2,1H3. The summed E-state index contributed by atoms with van der Waals surface area (Å²) in [5.74, 6) is 0. The van der Waals surface area contributed by atoms with Crippen LogP contribution in [0, 0.1) is 6.92 Å². The molecule has 2 aromatic rings. The number of nitrogens with zero attached hydrogens (tertiary/aromatic N) is 1. The minimum Gasteiger partial charge on any atom is -0.207 e. The lowest BCUT2D eigenvalue weighted by Gasteiger charge is -2.24. The van der Waals surface area contributed by atoms with E-state index < -0.39 is 10.0 Å². The van der Waals surface area contributed by atoms with Gasteiger partial charge in [0.2, 0.25) is 10.0 Å². The van der Waals surface area contributed by atoms with Crippen LogP contribution in [0.2, 0.25) is 0 Å². The molecule has 0 bridgehead atoms. The molecular weight excluding hydrogens is 294 g/mol. The smallest absolute Gasteiger partial charge is 0.207 e. The van der Waals surface area contributed by atoms with E-state index in [-0.39, 0.29) is 6.04 Å². The average molecular weight is 313 g/mol. The zero-order valence-electron chi connectivity index (χ0n) is 12.6. The van der Waals surface area contributed by atoms with Crippen molar-refractivity contribution in [1.29, 1.82) is 0 Å². The zero-order chi connectivity index (χ0) is 15.7. The van der Waals surface area contributed by atoms with Gasteiger partial charge in [-0.15, -0.1) is 0 Å². The van der Waals surface area contributed by atoms with Crippen LogP contribution in [0.15, 0.2) is 71.6 Å². The summed E-state index contributed by atoms with van der Waals surface area (Å²) in [6, 6.07) is 16.6. The van der Waals surface area contributed by atoms with Gasteiger partial charge in [-0.1, -0.05) is 60.2 Å². The number of rotatable bonds is 3. The van der Waals surface area contributed by atoms with E-state index in [2.05, 4.69) is 6.58 Å². The molecule has 2 aromatic carbocycles. The molecule has 0 radical (unpaired) electrons. The summed E-state index contributed by atoms with van der Waals surface area (Å²) in [7, 11) is -3.51. The molecule has 1 fully saturated rings. The molecule has 0 aliphatic carbocycles. The van der Waals surface area contributed by atoms with Crippen molar-refractivity contribution in [1.82, 2.24) is 4.31 Å². The molecule has 0 N–H and O–H groups in total. The third-order valence-electron chi connectivity index (χ3n) is 4.02. The van der Waals surface area contributed by atoms with Gasteiger partial charge in [0, 0.05) is 6.54 Å². The minimum absolute atomic E-state index is 0.167. The maximum Gasteiger partial charge on any atom is 0.243 e. The molecule has 4 heteroatoms. The Morgan fingerprint density at radius 1 is 1.05 bits per heavy atom. The van der Waals surface area contributed by atoms with Crippen LogP contribution in [0.3, 0.4) is 0 Å². The SMILES string of the molecule is C=C1CC(c2ccccc2)N(S(=O)(=O)c2ccc(C)cc2)C1. The van der Waals surface area contributed by atoms with Crippen molar-refractivity contribution in [3.8, 4) is 0 Å². The summed E-state index contributed by atoms with van der Waals surface area (Å²) in [6.45, 7) is 6.33. The maximum atomic E-state index is 13.0. The van der Waals surface area contributed by atoms with E-state index in [0.717, 1.165) is 16.7 Å². The van der Waals surface area contributed by atoms with E-state index in [9.17, 15) is 8.42 Å². The second-order valence-electron chi connectivity index (χ2n) is 5.74. The van der Waals surface area contributed by atoms with Gasteiger partial charge in [0.1, 0.15) is 0 Å². The highest BCUT2D eigenvalue weighted by atomic mass is 32.2. The Hall–Kier alpha value is -1.91. The number of benzene rings is 2. The summed E-state index contributed by atoms with van der Waals surface area (Å²) in [6.07, 6.45) is 0.676. The molecule has 114 valence electrons. The molecule has 1 unspecified atom stereocenters. The van der Waals surface area contributed by atoms with Crippen molar-refractivity contribution in [3.63, 3.8) is 0 Å². The molecule has 0 spiro atoms. The van der Waals surface area contributed by atoms with Crippen LogP contribution in [-0.4, -0.2) is 19.3 Å². The van der Waals surface area contributed by atoms with Crippen molar-refractivity contribution < 1.29 is 8.42 Å². The summed E-state index contributed by atoms with van der Waals surface area (Å²) in [5, 5.41) is 0. The van der Waals surface area contributed by atoms with Gasteiger partial charge >= 0.3 is 0 Å². The summed E-state index contributed by atoms with van der Waals surface area (Å²) in [4.78, 5) is 0.341. The second-order valence-corrected chi connectivity index (χ2v) is 7.63. The Kier molecular flexibility index (Phi) is 3.89. The molecule has 22 heavy (non-hydrogen) atoms. The highest BCUT2D eigenvalue weighted by molar-refractivity contribution is 7.89. The van der Waals surface area contributed by atoms with Crippen molar-refractivity contribution in [2.45, 2.75) is 24.3 Å². The molecule has 3 rings (SSSR count). The fourth-order valence-electron chi connectivity index (χ4n) is 2.83. The second kappa shape index (κ2) is 5.71. The van der Waals surface area contributed by atoms with E-state index in [1.807, 2.05) is 49.4 Å². The van der Waals surface area contributed by atoms with Gasteiger partial charge < -0.3 is 0 Å². The first-order valence-corrected chi connectivity index (χ1v) is 8.72. The van der Waals surface area contributed by atoms with Gasteiger partial charge in [-0.05, 0) is 31.0 Å². The fourth-order valence-corrected chi connectivity index (χ4v) is 4.46. The van der Waals surface area contributed by atoms with E-state index in [1.165, 1.54) is 0 Å². The molecule has 3 nitrogen and oxygen atoms in total. The van der Waals surface area contributed by atoms with Gasteiger partial charge in [-0.2, -0.15) is 4.31 Å². The predicted octanol–water partition coefficient (Wildman–Crippen LogP) is 3.69. The van der Waals surface area contributed by atoms with Crippen molar-refractivity contribution >= 4 is 10.0 Å². The first-order valence-electron chi connectivity index (χ1n) is 7.28. The number of hydrogen-bond acceptors (Lipinski definition) is 2. The lowest BCUT2D eigenvalue weighted by molar-refractivity contribution is 0.397. The van der Waals surface area contributed by atoms with Crippen LogP contribution in [0.5, 0.6) is 0 Å². The quantitative estimate of drug-likeness (QED) is 0.811. The molecule has 1 atom stereocenters. The van der Waals surface area contributed by atoms with Crippen molar-refractivity contribution in [2.75, 3.05) is 6.54 Å². The Morgan fingerprint density at radius 3 is 2.32 bits per heavy atom. The largest absolute Gasteiger partial charge is 0.243 e. The van der Waals surface area contributed by atoms with Crippen LogP contribution >= 0.6 is 0 Å². The summed E-state index contributed by atoms with van der Waals surface area (Å²) < 4.78 is 27.5. The topological polar surface area (TPSA) is 37.4 Å². The Morgan fingerprint density at radius 2 is 1.68 bits per heavy atom. The van der Waals surface area contributed by atoms with Crippen molar-refractivity contribution in [3.05, 3.63) is 77.9 Å². The average Bonchev–Trinajstić information content (AvgIpc) is 2.91. The van der Waals surface area contributed by atoms with E-state index in [4.69, 9.17) is 0 Å². The third-order valence-corrected chi connectivity index (χ3v) is 5.89. The molecule has 0 amide bonds. The zero-order valence-corrected chi connectivity index (χ0v) is 13.4. The van der Waals surface area contributed by atoms with Gasteiger partial charge in [0.15, 0.2) is 0 Å². The number of sulfonamides is 1. The fraction of sp³-hybridized carbons (Fsp3) is 0.222. The Labute approximate surface area is 132 Å². The van der Waals surface area contributed by atoms with Crippen LogP contribution in [-0.2, 0) is 10.0 Å². The van der Waals surface area contributed by atoms with Crippen LogP contribution < -0.4 is 0 Å². The van der Waals surface area contributed by atoms with Crippen LogP contribution in [0.4, 0.5) is 0 Å². The van der Waals surface area contributed by atoms with Gasteiger partial charge in [-0.3, -0.25) is 0 Å². The normalized spacial score (nSPS) is 19.5. The molecule has 1 heterocycles. The minimum atomic E-state index is -3.51. The van der Waals surface area contributed by atoms with E-state index in [0.29, 0.717) is 17.9 Å². The van der Waals surface area contributed by atoms with E-state index in [1.54, 1.807) is 16.4 Å². The highest BCUT2D eigenvalue weighted by Crippen LogP contribution is 2.38. The lowest BCUT2D eigenvalue weighted by atomic mass is 10.0. The van der Waals surface area contributed by atoms with Crippen LogP contribution in [0.25, 0.3) is 0 Å². The van der Waals surface area contributed by atoms with Gasteiger partial charge in [0.05, 0.1) is 10.9 Å². The molecule has 1 aliphatic rings. The predicted molar refractivity (Wildman–Crippen MR) is 88.0 cm³/mol. The van der Waals surface area contributed by atoms with Gasteiger partial charge in [-0.25, -0.2) is 8.42 Å². The monoisotopic (exact) mass is 313 g/mol. The van der Waals surface area contributed by atoms with Crippen LogP contribution in [0.1, 0.15) is 23.6 Å². The highest BCUT2D eigenvalue weighted by Gasteiger charge is 2.37. The third kappa shape index (κ3) is 2.72. The lowest BCUT2D eigenvalue weighted by Crippen LogP contribution is -2.30. The molecule has 0 aromatic heterocycles. The molecular formula is C18H19NO2S. The summed E-state index contributed by atoms with van der Waals surface area (Å²) in [5.41, 5.74) is 3.01. The van der Waals surface area contributed by atoms with E-state index >= 15 is 0 Å². The molecule has 1 aliphatic heterocycles. The Bertz CT molecular complexity index is 780. The van der Waals surface area contributed by atoms with Gasteiger partial charge in [0.25, 0.3) is 0 Å². The number of hydrogen-bond donors (Lipinski definition) is 0.